The van der Waals surface area contributed by atoms with Gasteiger partial charge in [-0.2, -0.15) is 0 Å². The molecule has 0 rings (SSSR count). The lowest BCUT2D eigenvalue weighted by atomic mass is 10.0. The maximum atomic E-state index is 12.8. The van der Waals surface area contributed by atoms with Crippen molar-refractivity contribution >= 4 is 17.9 Å². The molecule has 0 aromatic carbocycles. The SMILES string of the molecule is CCCCCCCCCCCCCCCCCCCC(=O)O[C@@H](COC(=O)CCCCCCCCCCCCC)COC(=O)CCCCCCCCCCCCCCCCCC. The first-order valence-corrected chi connectivity index (χ1v) is 28.0. The van der Waals surface area contributed by atoms with E-state index in [1.807, 2.05) is 0 Å². The first-order valence-electron chi connectivity index (χ1n) is 28.0. The van der Waals surface area contributed by atoms with Crippen molar-refractivity contribution in [2.45, 2.75) is 329 Å². The lowest BCUT2D eigenvalue weighted by molar-refractivity contribution is -0.167. The molecule has 0 aromatic heterocycles. The van der Waals surface area contributed by atoms with Crippen LogP contribution in [-0.4, -0.2) is 37.2 Å². The summed E-state index contributed by atoms with van der Waals surface area (Å²) in [7, 11) is 0. The van der Waals surface area contributed by atoms with E-state index in [0.717, 1.165) is 57.8 Å². The Morgan fingerprint density at radius 2 is 0.435 bits per heavy atom. The molecule has 0 unspecified atom stereocenters. The fourth-order valence-corrected chi connectivity index (χ4v) is 8.62. The van der Waals surface area contributed by atoms with Gasteiger partial charge in [0, 0.05) is 19.3 Å². The second-order valence-electron chi connectivity index (χ2n) is 19.2. The van der Waals surface area contributed by atoms with Crippen LogP contribution in [0, 0.1) is 0 Å². The van der Waals surface area contributed by atoms with Gasteiger partial charge in [0.25, 0.3) is 0 Å². The number of carbonyl (C=O) groups is 3. The average Bonchev–Trinajstić information content (AvgIpc) is 3.27. The summed E-state index contributed by atoms with van der Waals surface area (Å²) in [6.07, 6.45) is 56.6. The Morgan fingerprint density at radius 3 is 0.645 bits per heavy atom. The normalized spacial score (nSPS) is 11.9. The summed E-state index contributed by atoms with van der Waals surface area (Å²) in [5, 5.41) is 0. The summed E-state index contributed by atoms with van der Waals surface area (Å²) in [6.45, 7) is 6.69. The van der Waals surface area contributed by atoms with Gasteiger partial charge in [-0.05, 0) is 19.3 Å². The number of hydrogen-bond donors (Lipinski definition) is 0. The molecule has 0 bridgehead atoms. The van der Waals surface area contributed by atoms with E-state index >= 15 is 0 Å². The van der Waals surface area contributed by atoms with E-state index in [0.29, 0.717) is 19.3 Å². The molecule has 0 fully saturated rings. The molecule has 0 aliphatic carbocycles. The first-order chi connectivity index (χ1) is 30.5. The summed E-state index contributed by atoms with van der Waals surface area (Å²) in [4.78, 5) is 38.0. The molecule has 0 N–H and O–H groups in total. The van der Waals surface area contributed by atoms with Crippen LogP contribution in [0.15, 0.2) is 0 Å². The highest BCUT2D eigenvalue weighted by molar-refractivity contribution is 5.71. The molecule has 0 saturated heterocycles. The zero-order chi connectivity index (χ0) is 45.1. The van der Waals surface area contributed by atoms with Gasteiger partial charge >= 0.3 is 17.9 Å². The molecule has 0 saturated carbocycles. The number of ether oxygens (including phenoxy) is 3. The van der Waals surface area contributed by atoms with Crippen LogP contribution in [0.3, 0.4) is 0 Å². The van der Waals surface area contributed by atoms with Crippen molar-refractivity contribution in [1.29, 1.82) is 0 Å². The Labute approximate surface area is 387 Å². The van der Waals surface area contributed by atoms with Crippen LogP contribution in [0.5, 0.6) is 0 Å². The number of esters is 3. The van der Waals surface area contributed by atoms with Gasteiger partial charge in [0.15, 0.2) is 6.10 Å². The number of unbranched alkanes of at least 4 members (excludes halogenated alkanes) is 41. The lowest BCUT2D eigenvalue weighted by Gasteiger charge is -2.18. The highest BCUT2D eigenvalue weighted by Crippen LogP contribution is 2.17. The third-order valence-corrected chi connectivity index (χ3v) is 12.9. The molecule has 0 amide bonds. The van der Waals surface area contributed by atoms with Gasteiger partial charge in [0.2, 0.25) is 0 Å². The molecule has 0 heterocycles. The van der Waals surface area contributed by atoms with Crippen molar-refractivity contribution in [3.63, 3.8) is 0 Å². The Hall–Kier alpha value is -1.59. The van der Waals surface area contributed by atoms with Crippen LogP contribution >= 0.6 is 0 Å². The predicted octanol–water partition coefficient (Wildman–Crippen LogP) is 18.4. The second-order valence-corrected chi connectivity index (χ2v) is 19.2. The van der Waals surface area contributed by atoms with Crippen molar-refractivity contribution in [3.8, 4) is 0 Å². The Bertz CT molecular complexity index is 920. The van der Waals surface area contributed by atoms with Crippen LogP contribution < -0.4 is 0 Å². The molecule has 0 aliphatic heterocycles. The summed E-state index contributed by atoms with van der Waals surface area (Å²) in [6, 6.07) is 0. The molecular formula is C56H108O6. The molecule has 62 heavy (non-hydrogen) atoms. The quantitative estimate of drug-likeness (QED) is 0.0344. The molecule has 0 aliphatic rings. The third kappa shape index (κ3) is 49.4. The molecule has 0 aromatic rings. The molecule has 0 radical (unpaired) electrons. The zero-order valence-corrected chi connectivity index (χ0v) is 42.2. The van der Waals surface area contributed by atoms with Crippen molar-refractivity contribution in [2.75, 3.05) is 13.2 Å². The molecule has 1 atom stereocenters. The maximum Gasteiger partial charge on any atom is 0.306 e. The smallest absolute Gasteiger partial charge is 0.306 e. The van der Waals surface area contributed by atoms with Crippen molar-refractivity contribution in [1.82, 2.24) is 0 Å². The molecular weight excluding hydrogens is 769 g/mol. The molecule has 368 valence electrons. The first kappa shape index (κ1) is 60.4. The van der Waals surface area contributed by atoms with Gasteiger partial charge in [-0.15, -0.1) is 0 Å². The zero-order valence-electron chi connectivity index (χ0n) is 42.2. The minimum atomic E-state index is -0.760. The monoisotopic (exact) mass is 877 g/mol. The van der Waals surface area contributed by atoms with E-state index in [9.17, 15) is 14.4 Å². The van der Waals surface area contributed by atoms with Gasteiger partial charge in [-0.25, -0.2) is 0 Å². The Morgan fingerprint density at radius 1 is 0.258 bits per heavy atom. The van der Waals surface area contributed by atoms with E-state index in [2.05, 4.69) is 20.8 Å². The van der Waals surface area contributed by atoms with Crippen LogP contribution in [-0.2, 0) is 28.6 Å². The largest absolute Gasteiger partial charge is 0.462 e. The van der Waals surface area contributed by atoms with Crippen LogP contribution in [0.25, 0.3) is 0 Å². The van der Waals surface area contributed by atoms with Crippen molar-refractivity contribution in [2.24, 2.45) is 0 Å². The standard InChI is InChI=1S/C56H108O6/c1-4-7-10-13-16-19-22-24-26-28-30-32-35-38-41-44-47-50-56(59)62-53(51-60-54(57)48-45-42-39-36-33-21-18-15-12-9-6-3)52-61-55(58)49-46-43-40-37-34-31-29-27-25-23-20-17-14-11-8-5-2/h53H,4-52H2,1-3H3/t53-/m0/s1. The highest BCUT2D eigenvalue weighted by atomic mass is 16.6. The van der Waals surface area contributed by atoms with Crippen LogP contribution in [0.1, 0.15) is 323 Å². The fraction of sp³-hybridized carbons (Fsp3) is 0.946. The van der Waals surface area contributed by atoms with Gasteiger partial charge in [-0.3, -0.25) is 14.4 Å². The minimum absolute atomic E-state index is 0.0613. The molecule has 6 heteroatoms. The number of carbonyl (C=O) groups excluding carboxylic acids is 3. The van der Waals surface area contributed by atoms with E-state index < -0.39 is 6.10 Å². The van der Waals surface area contributed by atoms with Gasteiger partial charge in [0.1, 0.15) is 13.2 Å². The second kappa shape index (κ2) is 52.0. The summed E-state index contributed by atoms with van der Waals surface area (Å²) in [5.41, 5.74) is 0. The average molecular weight is 877 g/mol. The number of rotatable bonds is 52. The van der Waals surface area contributed by atoms with E-state index in [1.54, 1.807) is 0 Å². The molecule has 0 spiro atoms. The van der Waals surface area contributed by atoms with Crippen molar-refractivity contribution < 1.29 is 28.6 Å². The van der Waals surface area contributed by atoms with Gasteiger partial charge in [-0.1, -0.05) is 284 Å². The third-order valence-electron chi connectivity index (χ3n) is 12.9. The Kier molecular flexibility index (Phi) is 50.7. The number of hydrogen-bond acceptors (Lipinski definition) is 6. The fourth-order valence-electron chi connectivity index (χ4n) is 8.62. The Balaban J connectivity index is 4.27. The van der Waals surface area contributed by atoms with Crippen molar-refractivity contribution in [3.05, 3.63) is 0 Å². The van der Waals surface area contributed by atoms with Crippen LogP contribution in [0.4, 0.5) is 0 Å². The van der Waals surface area contributed by atoms with E-state index in [-0.39, 0.29) is 31.1 Å². The maximum absolute atomic E-state index is 12.8. The van der Waals surface area contributed by atoms with E-state index in [4.69, 9.17) is 14.2 Å². The summed E-state index contributed by atoms with van der Waals surface area (Å²) in [5.74, 6) is -0.835. The highest BCUT2D eigenvalue weighted by Gasteiger charge is 2.19. The lowest BCUT2D eigenvalue weighted by Crippen LogP contribution is -2.30. The predicted molar refractivity (Wildman–Crippen MR) is 266 cm³/mol. The van der Waals surface area contributed by atoms with Gasteiger partial charge in [0.05, 0.1) is 0 Å². The topological polar surface area (TPSA) is 78.9 Å². The van der Waals surface area contributed by atoms with E-state index in [1.165, 1.54) is 225 Å². The summed E-state index contributed by atoms with van der Waals surface area (Å²) < 4.78 is 16.9. The van der Waals surface area contributed by atoms with Gasteiger partial charge < -0.3 is 14.2 Å². The minimum Gasteiger partial charge on any atom is -0.462 e. The summed E-state index contributed by atoms with van der Waals surface area (Å²) >= 11 is 0. The molecule has 6 nitrogen and oxygen atoms in total. The van der Waals surface area contributed by atoms with Crippen LogP contribution in [0.2, 0.25) is 0 Å².